The SMILES string of the molecule is CC1CCCN(c2nc(N)ncc2Br)CC1. The van der Waals surface area contributed by atoms with Crippen LogP contribution in [0.15, 0.2) is 10.7 Å². The largest absolute Gasteiger partial charge is 0.368 e. The fourth-order valence-electron chi connectivity index (χ4n) is 2.07. The molecule has 0 saturated carbocycles. The van der Waals surface area contributed by atoms with Gasteiger partial charge in [-0.25, -0.2) is 4.98 Å². The van der Waals surface area contributed by atoms with Gasteiger partial charge >= 0.3 is 0 Å². The van der Waals surface area contributed by atoms with Crippen molar-refractivity contribution >= 4 is 27.7 Å². The van der Waals surface area contributed by atoms with Gasteiger partial charge in [-0.2, -0.15) is 4.98 Å². The summed E-state index contributed by atoms with van der Waals surface area (Å²) in [5, 5.41) is 0. The minimum atomic E-state index is 0.343. The molecule has 0 amide bonds. The van der Waals surface area contributed by atoms with E-state index >= 15 is 0 Å². The van der Waals surface area contributed by atoms with E-state index in [-0.39, 0.29) is 0 Å². The highest BCUT2D eigenvalue weighted by molar-refractivity contribution is 9.10. The second-order valence-electron chi connectivity index (χ2n) is 4.42. The van der Waals surface area contributed by atoms with Crippen LogP contribution in [0.5, 0.6) is 0 Å². The van der Waals surface area contributed by atoms with Crippen LogP contribution < -0.4 is 10.6 Å². The van der Waals surface area contributed by atoms with Crippen LogP contribution in [0.2, 0.25) is 0 Å². The lowest BCUT2D eigenvalue weighted by Crippen LogP contribution is -2.26. The number of halogens is 1. The van der Waals surface area contributed by atoms with Crippen LogP contribution in [-0.4, -0.2) is 23.1 Å². The fourth-order valence-corrected chi connectivity index (χ4v) is 2.51. The Balaban J connectivity index is 2.19. The predicted molar refractivity (Wildman–Crippen MR) is 69.4 cm³/mol. The molecule has 5 heteroatoms. The van der Waals surface area contributed by atoms with E-state index in [9.17, 15) is 0 Å². The number of aromatic nitrogens is 2. The van der Waals surface area contributed by atoms with Crippen LogP contribution in [0.25, 0.3) is 0 Å². The van der Waals surface area contributed by atoms with Gasteiger partial charge in [0.1, 0.15) is 5.82 Å². The van der Waals surface area contributed by atoms with Crippen LogP contribution in [0.1, 0.15) is 26.2 Å². The van der Waals surface area contributed by atoms with E-state index in [0.29, 0.717) is 5.95 Å². The van der Waals surface area contributed by atoms with Gasteiger partial charge in [0.05, 0.1) is 4.47 Å². The molecule has 1 atom stereocenters. The lowest BCUT2D eigenvalue weighted by atomic mass is 10.0. The summed E-state index contributed by atoms with van der Waals surface area (Å²) in [7, 11) is 0. The fraction of sp³-hybridized carbons (Fsp3) is 0.636. The normalized spacial score (nSPS) is 21.9. The molecule has 16 heavy (non-hydrogen) atoms. The molecule has 1 aromatic rings. The van der Waals surface area contributed by atoms with Gasteiger partial charge < -0.3 is 10.6 Å². The molecule has 0 spiro atoms. The molecule has 2 N–H and O–H groups in total. The van der Waals surface area contributed by atoms with Crippen LogP contribution in [0, 0.1) is 5.92 Å². The topological polar surface area (TPSA) is 55.0 Å². The molecular formula is C11H17BrN4. The number of hydrogen-bond acceptors (Lipinski definition) is 4. The maximum Gasteiger partial charge on any atom is 0.222 e. The molecule has 88 valence electrons. The number of hydrogen-bond donors (Lipinski definition) is 1. The summed E-state index contributed by atoms with van der Waals surface area (Å²) < 4.78 is 0.927. The van der Waals surface area contributed by atoms with E-state index in [1.165, 1.54) is 19.3 Å². The molecule has 0 aromatic carbocycles. The van der Waals surface area contributed by atoms with Gasteiger partial charge in [0.2, 0.25) is 5.95 Å². The smallest absolute Gasteiger partial charge is 0.222 e. The van der Waals surface area contributed by atoms with E-state index in [2.05, 4.69) is 37.7 Å². The lowest BCUT2D eigenvalue weighted by Gasteiger charge is -2.22. The molecule has 1 aliphatic rings. The van der Waals surface area contributed by atoms with Crippen molar-refractivity contribution in [3.05, 3.63) is 10.7 Å². The molecule has 2 heterocycles. The summed E-state index contributed by atoms with van der Waals surface area (Å²) >= 11 is 3.48. The standard InChI is InChI=1S/C11H17BrN4/c1-8-3-2-5-16(6-4-8)10-9(12)7-14-11(13)15-10/h7-8H,2-6H2,1H3,(H2,13,14,15). The quantitative estimate of drug-likeness (QED) is 0.861. The van der Waals surface area contributed by atoms with Crippen LogP contribution in [0.3, 0.4) is 0 Å². The summed E-state index contributed by atoms with van der Waals surface area (Å²) in [6, 6.07) is 0. The zero-order valence-corrected chi connectivity index (χ0v) is 11.1. The van der Waals surface area contributed by atoms with Crippen molar-refractivity contribution in [2.75, 3.05) is 23.7 Å². The van der Waals surface area contributed by atoms with Crippen molar-refractivity contribution in [2.45, 2.75) is 26.2 Å². The van der Waals surface area contributed by atoms with Crippen LogP contribution >= 0.6 is 15.9 Å². The molecule has 1 aliphatic heterocycles. The Morgan fingerprint density at radius 2 is 2.25 bits per heavy atom. The third-order valence-corrected chi connectivity index (χ3v) is 3.62. The molecule has 1 saturated heterocycles. The van der Waals surface area contributed by atoms with Gasteiger partial charge in [0.15, 0.2) is 0 Å². The molecule has 1 unspecified atom stereocenters. The number of rotatable bonds is 1. The zero-order valence-electron chi connectivity index (χ0n) is 9.49. The van der Waals surface area contributed by atoms with E-state index in [4.69, 9.17) is 5.73 Å². The van der Waals surface area contributed by atoms with Crippen LogP contribution in [-0.2, 0) is 0 Å². The van der Waals surface area contributed by atoms with E-state index in [0.717, 1.165) is 29.3 Å². The summed E-state index contributed by atoms with van der Waals surface area (Å²) in [4.78, 5) is 10.6. The highest BCUT2D eigenvalue weighted by Crippen LogP contribution is 2.27. The van der Waals surface area contributed by atoms with E-state index in [1.807, 2.05) is 0 Å². The maximum absolute atomic E-state index is 5.63. The molecular weight excluding hydrogens is 268 g/mol. The first-order valence-electron chi connectivity index (χ1n) is 5.70. The van der Waals surface area contributed by atoms with E-state index < -0.39 is 0 Å². The van der Waals surface area contributed by atoms with Crippen molar-refractivity contribution in [1.29, 1.82) is 0 Å². The molecule has 0 bridgehead atoms. The number of nitrogen functional groups attached to an aromatic ring is 1. The summed E-state index contributed by atoms with van der Waals surface area (Å²) in [5.41, 5.74) is 5.63. The Bertz CT molecular complexity index is 369. The summed E-state index contributed by atoms with van der Waals surface area (Å²) in [6.45, 7) is 4.42. The Morgan fingerprint density at radius 1 is 1.44 bits per heavy atom. The molecule has 1 aromatic heterocycles. The minimum Gasteiger partial charge on any atom is -0.368 e. The average molecular weight is 285 g/mol. The Kier molecular flexibility index (Phi) is 3.63. The van der Waals surface area contributed by atoms with Gasteiger partial charge in [0, 0.05) is 19.3 Å². The van der Waals surface area contributed by atoms with Crippen molar-refractivity contribution in [2.24, 2.45) is 5.92 Å². The first-order chi connectivity index (χ1) is 7.66. The number of nitrogens with zero attached hydrogens (tertiary/aromatic N) is 3. The van der Waals surface area contributed by atoms with Gasteiger partial charge in [-0.1, -0.05) is 6.92 Å². The lowest BCUT2D eigenvalue weighted by molar-refractivity contribution is 0.521. The molecule has 0 radical (unpaired) electrons. The predicted octanol–water partition coefficient (Wildman–Crippen LogP) is 2.45. The maximum atomic E-state index is 5.63. The van der Waals surface area contributed by atoms with Gasteiger partial charge in [-0.15, -0.1) is 0 Å². The summed E-state index contributed by atoms with van der Waals surface area (Å²) in [6.07, 6.45) is 5.47. The monoisotopic (exact) mass is 284 g/mol. The zero-order chi connectivity index (χ0) is 11.5. The molecule has 1 fully saturated rings. The second-order valence-corrected chi connectivity index (χ2v) is 5.28. The Hall–Kier alpha value is -0.840. The first-order valence-corrected chi connectivity index (χ1v) is 6.49. The van der Waals surface area contributed by atoms with Gasteiger partial charge in [-0.3, -0.25) is 0 Å². The third-order valence-electron chi connectivity index (χ3n) is 3.06. The second kappa shape index (κ2) is 4.99. The van der Waals surface area contributed by atoms with Crippen molar-refractivity contribution in [1.82, 2.24) is 9.97 Å². The van der Waals surface area contributed by atoms with Crippen molar-refractivity contribution in [3.63, 3.8) is 0 Å². The van der Waals surface area contributed by atoms with E-state index in [1.54, 1.807) is 6.20 Å². The third kappa shape index (κ3) is 2.64. The van der Waals surface area contributed by atoms with Crippen molar-refractivity contribution in [3.8, 4) is 0 Å². The molecule has 4 nitrogen and oxygen atoms in total. The van der Waals surface area contributed by atoms with Crippen molar-refractivity contribution < 1.29 is 0 Å². The highest BCUT2D eigenvalue weighted by atomic mass is 79.9. The van der Waals surface area contributed by atoms with Gasteiger partial charge in [-0.05, 0) is 41.1 Å². The first kappa shape index (κ1) is 11.6. The van der Waals surface area contributed by atoms with Crippen LogP contribution in [0.4, 0.5) is 11.8 Å². The molecule has 2 rings (SSSR count). The Morgan fingerprint density at radius 3 is 3.06 bits per heavy atom. The summed E-state index contributed by atoms with van der Waals surface area (Å²) in [5.74, 6) is 2.08. The number of anilines is 2. The highest BCUT2D eigenvalue weighted by Gasteiger charge is 2.17. The Labute approximate surface area is 104 Å². The number of nitrogens with two attached hydrogens (primary N) is 1. The minimum absolute atomic E-state index is 0.343. The average Bonchev–Trinajstić information content (AvgIpc) is 2.47. The molecule has 0 aliphatic carbocycles. The van der Waals surface area contributed by atoms with Gasteiger partial charge in [0.25, 0.3) is 0 Å².